The summed E-state index contributed by atoms with van der Waals surface area (Å²) in [5, 5.41) is 1.31. The number of hydrazine groups is 1. The van der Waals surface area contributed by atoms with Crippen LogP contribution >= 0.6 is 12.2 Å². The molecule has 7 heteroatoms. The normalized spacial score (nSPS) is 10.2. The molecule has 0 bridgehead atoms. The Balaban J connectivity index is 1.66. The molecule has 3 aromatic rings. The predicted octanol–water partition coefficient (Wildman–Crippen LogP) is 3.25. The number of thiocarbonyl (C=S) groups is 1. The van der Waals surface area contributed by atoms with Gasteiger partial charge in [-0.15, -0.1) is 0 Å². The summed E-state index contributed by atoms with van der Waals surface area (Å²) in [5.74, 6) is 0.402. The molecule has 6 nitrogen and oxygen atoms in total. The van der Waals surface area contributed by atoms with E-state index in [1.54, 1.807) is 36.4 Å². The Labute approximate surface area is 156 Å². The number of nitrogens with two attached hydrogens (primary N) is 1. The number of nitrogens with one attached hydrogen (secondary N) is 1. The Morgan fingerprint density at radius 1 is 1.08 bits per heavy atom. The summed E-state index contributed by atoms with van der Waals surface area (Å²) in [7, 11) is 0. The first-order valence-electron chi connectivity index (χ1n) is 7.84. The predicted molar refractivity (Wildman–Crippen MR) is 103 cm³/mol. The van der Waals surface area contributed by atoms with E-state index in [9.17, 15) is 4.79 Å². The number of amides is 1. The molecule has 0 atom stereocenters. The van der Waals surface area contributed by atoms with Crippen molar-refractivity contribution in [3.8, 4) is 5.75 Å². The second-order valence-corrected chi connectivity index (χ2v) is 5.78. The van der Waals surface area contributed by atoms with Crippen molar-refractivity contribution in [1.29, 1.82) is 0 Å². The third kappa shape index (κ3) is 4.40. The molecule has 0 radical (unpaired) electrons. The first-order valence-corrected chi connectivity index (χ1v) is 8.25. The van der Waals surface area contributed by atoms with Crippen LogP contribution in [-0.4, -0.2) is 11.0 Å². The highest BCUT2D eigenvalue weighted by atomic mass is 32.1. The molecular formula is C19H17N3O3S. The number of anilines is 1. The van der Waals surface area contributed by atoms with Crippen molar-refractivity contribution < 1.29 is 13.9 Å². The lowest BCUT2D eigenvalue weighted by Gasteiger charge is -2.23. The van der Waals surface area contributed by atoms with Crippen LogP contribution in [0.25, 0.3) is 0 Å². The molecule has 0 saturated carbocycles. The molecule has 3 rings (SSSR count). The molecule has 2 aromatic carbocycles. The number of hydrogen-bond donors (Lipinski definition) is 2. The Morgan fingerprint density at radius 2 is 1.81 bits per heavy atom. The number of nitrogens with zero attached hydrogens (tertiary/aromatic N) is 1. The maximum atomic E-state index is 12.1. The van der Waals surface area contributed by atoms with Crippen molar-refractivity contribution in [1.82, 2.24) is 5.43 Å². The van der Waals surface area contributed by atoms with Gasteiger partial charge in [0, 0.05) is 0 Å². The molecule has 0 unspecified atom stereocenters. The van der Waals surface area contributed by atoms with E-state index < -0.39 is 5.91 Å². The molecule has 1 heterocycles. The van der Waals surface area contributed by atoms with Gasteiger partial charge in [0.1, 0.15) is 12.4 Å². The molecule has 1 amide bonds. The van der Waals surface area contributed by atoms with Crippen LogP contribution in [0.3, 0.4) is 0 Å². The Kier molecular flexibility index (Phi) is 5.50. The monoisotopic (exact) mass is 367 g/mol. The van der Waals surface area contributed by atoms with Crippen LogP contribution in [0, 0.1) is 0 Å². The average Bonchev–Trinajstić information content (AvgIpc) is 3.20. The lowest BCUT2D eigenvalue weighted by atomic mass is 10.2. The molecule has 0 saturated heterocycles. The van der Waals surface area contributed by atoms with Gasteiger partial charge >= 0.3 is 5.91 Å². The summed E-state index contributed by atoms with van der Waals surface area (Å²) in [4.78, 5) is 12.1. The Bertz CT molecular complexity index is 865. The molecule has 0 aliphatic rings. The lowest BCUT2D eigenvalue weighted by molar-refractivity contribution is 0.0927. The van der Waals surface area contributed by atoms with Gasteiger partial charge in [0.05, 0.1) is 12.0 Å². The van der Waals surface area contributed by atoms with Gasteiger partial charge in [-0.25, -0.2) is 5.01 Å². The molecule has 0 aliphatic heterocycles. The summed E-state index contributed by atoms with van der Waals surface area (Å²) in [6, 6.07) is 20.1. The van der Waals surface area contributed by atoms with Gasteiger partial charge in [-0.05, 0) is 54.2 Å². The first kappa shape index (κ1) is 17.5. The summed E-state index contributed by atoms with van der Waals surface area (Å²) in [5.41, 5.74) is 10.0. The molecule has 1 aromatic heterocycles. The smallest absolute Gasteiger partial charge is 0.305 e. The minimum absolute atomic E-state index is 0.00265. The SMILES string of the molecule is NC(=S)N(NC(=O)c1ccco1)c1ccc(OCc2ccccc2)cc1. The fourth-order valence-corrected chi connectivity index (χ4v) is 2.39. The van der Waals surface area contributed by atoms with Gasteiger partial charge in [-0.1, -0.05) is 30.3 Å². The number of carbonyl (C=O) groups excluding carboxylic acids is 1. The highest BCUT2D eigenvalue weighted by molar-refractivity contribution is 7.80. The zero-order chi connectivity index (χ0) is 18.4. The Hall–Kier alpha value is -3.32. The van der Waals surface area contributed by atoms with Gasteiger partial charge in [-0.2, -0.15) is 0 Å². The van der Waals surface area contributed by atoms with E-state index in [1.807, 2.05) is 30.3 Å². The second-order valence-electron chi connectivity index (χ2n) is 5.36. The van der Waals surface area contributed by atoms with E-state index in [-0.39, 0.29) is 10.9 Å². The molecule has 0 spiro atoms. The molecule has 132 valence electrons. The Morgan fingerprint density at radius 3 is 2.42 bits per heavy atom. The summed E-state index contributed by atoms with van der Waals surface area (Å²) in [6.07, 6.45) is 1.42. The lowest BCUT2D eigenvalue weighted by Crippen LogP contribution is -2.49. The van der Waals surface area contributed by atoms with Crippen molar-refractivity contribution in [3.05, 3.63) is 84.3 Å². The largest absolute Gasteiger partial charge is 0.489 e. The van der Waals surface area contributed by atoms with Gasteiger partial charge in [0.25, 0.3) is 0 Å². The second kappa shape index (κ2) is 8.17. The number of carbonyl (C=O) groups is 1. The minimum atomic E-state index is -0.452. The number of rotatable bonds is 5. The maximum Gasteiger partial charge on any atom is 0.305 e. The van der Waals surface area contributed by atoms with Crippen molar-refractivity contribution in [2.24, 2.45) is 5.73 Å². The third-order valence-electron chi connectivity index (χ3n) is 3.52. The van der Waals surface area contributed by atoms with Crippen LogP contribution in [0.4, 0.5) is 5.69 Å². The number of ether oxygens (including phenoxy) is 1. The van der Waals surface area contributed by atoms with Crippen LogP contribution in [0.2, 0.25) is 0 Å². The van der Waals surface area contributed by atoms with Crippen LogP contribution in [-0.2, 0) is 6.61 Å². The van der Waals surface area contributed by atoms with Crippen LogP contribution < -0.4 is 20.9 Å². The van der Waals surface area contributed by atoms with Crippen molar-refractivity contribution in [2.45, 2.75) is 6.61 Å². The van der Waals surface area contributed by atoms with Gasteiger partial charge in [-0.3, -0.25) is 10.2 Å². The summed E-state index contributed by atoms with van der Waals surface area (Å²) < 4.78 is 10.8. The van der Waals surface area contributed by atoms with E-state index >= 15 is 0 Å². The molecule has 0 aliphatic carbocycles. The third-order valence-corrected chi connectivity index (χ3v) is 3.70. The van der Waals surface area contributed by atoms with Crippen molar-refractivity contribution >= 4 is 28.9 Å². The fourth-order valence-electron chi connectivity index (χ4n) is 2.24. The first-order chi connectivity index (χ1) is 12.6. The fraction of sp³-hybridized carbons (Fsp3) is 0.0526. The van der Waals surface area contributed by atoms with Crippen LogP contribution in [0.5, 0.6) is 5.75 Å². The van der Waals surface area contributed by atoms with Gasteiger partial charge in [0.2, 0.25) is 0 Å². The van der Waals surface area contributed by atoms with Gasteiger partial charge < -0.3 is 14.9 Å². The molecular weight excluding hydrogens is 350 g/mol. The molecule has 26 heavy (non-hydrogen) atoms. The molecule has 3 N–H and O–H groups in total. The van der Waals surface area contributed by atoms with E-state index in [1.165, 1.54) is 11.3 Å². The van der Waals surface area contributed by atoms with Crippen molar-refractivity contribution in [2.75, 3.05) is 5.01 Å². The van der Waals surface area contributed by atoms with Crippen LogP contribution in [0.15, 0.2) is 77.4 Å². The number of benzene rings is 2. The van der Waals surface area contributed by atoms with Crippen molar-refractivity contribution in [3.63, 3.8) is 0 Å². The zero-order valence-electron chi connectivity index (χ0n) is 13.8. The maximum absolute atomic E-state index is 12.1. The van der Waals surface area contributed by atoms with Crippen LogP contribution in [0.1, 0.15) is 16.1 Å². The summed E-state index contributed by atoms with van der Waals surface area (Å²) in [6.45, 7) is 0.467. The highest BCUT2D eigenvalue weighted by Crippen LogP contribution is 2.19. The average molecular weight is 367 g/mol. The quantitative estimate of drug-likeness (QED) is 0.532. The van der Waals surface area contributed by atoms with E-state index in [0.717, 1.165) is 5.56 Å². The standard InChI is InChI=1S/C19H17N3O3S/c20-19(26)22(21-18(23)17-7-4-12-24-17)15-8-10-16(11-9-15)25-13-14-5-2-1-3-6-14/h1-12H,13H2,(H2,20,26)(H,21,23). The summed E-state index contributed by atoms with van der Waals surface area (Å²) >= 11 is 5.02. The highest BCUT2D eigenvalue weighted by Gasteiger charge is 2.16. The van der Waals surface area contributed by atoms with E-state index in [0.29, 0.717) is 18.0 Å². The zero-order valence-corrected chi connectivity index (χ0v) is 14.6. The van der Waals surface area contributed by atoms with Gasteiger partial charge in [0.15, 0.2) is 10.9 Å². The number of furan rings is 1. The van der Waals surface area contributed by atoms with E-state index in [4.69, 9.17) is 27.1 Å². The number of hydrogen-bond acceptors (Lipinski definition) is 4. The van der Waals surface area contributed by atoms with E-state index in [2.05, 4.69) is 5.43 Å². The minimum Gasteiger partial charge on any atom is -0.489 e. The topological polar surface area (TPSA) is 80.7 Å². The molecule has 0 fully saturated rings.